The Balaban J connectivity index is 2.62. The summed E-state index contributed by atoms with van der Waals surface area (Å²) < 4.78 is 4.96. The molecule has 1 N–H and O–H groups in total. The molecule has 0 aliphatic carbocycles. The summed E-state index contributed by atoms with van der Waals surface area (Å²) in [6, 6.07) is 0.121. The van der Waals surface area contributed by atoms with Crippen LogP contribution in [0.2, 0.25) is 0 Å². The molecule has 1 aliphatic heterocycles. The second kappa shape index (κ2) is 7.45. The molecule has 6 heteroatoms. The molecule has 1 aliphatic rings. The maximum atomic E-state index is 12.3. The molecule has 0 radical (unpaired) electrons. The third kappa shape index (κ3) is 4.18. The van der Waals surface area contributed by atoms with Gasteiger partial charge in [0, 0.05) is 39.2 Å². The predicted molar refractivity (Wildman–Crippen MR) is 70.5 cm³/mol. The van der Waals surface area contributed by atoms with Gasteiger partial charge in [-0.15, -0.1) is 0 Å². The summed E-state index contributed by atoms with van der Waals surface area (Å²) in [6.45, 7) is 5.45. The van der Waals surface area contributed by atoms with Crippen molar-refractivity contribution in [2.45, 2.75) is 26.3 Å². The van der Waals surface area contributed by atoms with E-state index < -0.39 is 0 Å². The minimum atomic E-state index is -0.293. The van der Waals surface area contributed by atoms with Gasteiger partial charge in [-0.05, 0) is 13.8 Å². The second-order valence-corrected chi connectivity index (χ2v) is 5.08. The highest BCUT2D eigenvalue weighted by atomic mass is 16.5. The van der Waals surface area contributed by atoms with Crippen LogP contribution in [0.25, 0.3) is 0 Å². The summed E-state index contributed by atoms with van der Waals surface area (Å²) in [4.78, 5) is 27.4. The Labute approximate surface area is 114 Å². The number of methoxy groups -OCH3 is 1. The summed E-state index contributed by atoms with van der Waals surface area (Å²) in [5, 5.41) is 9.01. The van der Waals surface area contributed by atoms with E-state index in [2.05, 4.69) is 0 Å². The molecule has 0 saturated carbocycles. The van der Waals surface area contributed by atoms with Crippen molar-refractivity contribution in [3.05, 3.63) is 0 Å². The number of amides is 2. The average molecular weight is 272 g/mol. The molecule has 110 valence electrons. The molecule has 0 aromatic carbocycles. The summed E-state index contributed by atoms with van der Waals surface area (Å²) in [7, 11) is 1.57. The molecule has 1 saturated heterocycles. The molecule has 0 aromatic rings. The van der Waals surface area contributed by atoms with Gasteiger partial charge in [0.1, 0.15) is 0 Å². The van der Waals surface area contributed by atoms with Crippen LogP contribution < -0.4 is 0 Å². The molecular weight excluding hydrogens is 248 g/mol. The SMILES string of the molecule is COCCN(CCO)C(=O)C1CC(=O)N(C(C)C)C1. The number of nitrogens with zero attached hydrogens (tertiary/aromatic N) is 2. The highest BCUT2D eigenvalue weighted by molar-refractivity contribution is 5.89. The minimum Gasteiger partial charge on any atom is -0.395 e. The number of hydrogen-bond donors (Lipinski definition) is 1. The van der Waals surface area contributed by atoms with Crippen molar-refractivity contribution in [3.8, 4) is 0 Å². The first kappa shape index (κ1) is 15.9. The van der Waals surface area contributed by atoms with Gasteiger partial charge >= 0.3 is 0 Å². The maximum Gasteiger partial charge on any atom is 0.228 e. The second-order valence-electron chi connectivity index (χ2n) is 5.08. The molecule has 1 heterocycles. The van der Waals surface area contributed by atoms with Crippen LogP contribution in [0, 0.1) is 5.92 Å². The summed E-state index contributed by atoms with van der Waals surface area (Å²) in [5.74, 6) is -0.329. The lowest BCUT2D eigenvalue weighted by Crippen LogP contribution is -2.41. The van der Waals surface area contributed by atoms with Crippen molar-refractivity contribution >= 4 is 11.8 Å². The number of rotatable bonds is 7. The average Bonchev–Trinajstić information content (AvgIpc) is 2.76. The first-order valence-electron chi connectivity index (χ1n) is 6.69. The zero-order chi connectivity index (χ0) is 14.4. The Kier molecular flexibility index (Phi) is 6.24. The summed E-state index contributed by atoms with van der Waals surface area (Å²) in [5.41, 5.74) is 0. The molecule has 1 rings (SSSR count). The Morgan fingerprint density at radius 2 is 2.21 bits per heavy atom. The number of likely N-dealkylation sites (tertiary alicyclic amines) is 1. The zero-order valence-electron chi connectivity index (χ0n) is 12.0. The standard InChI is InChI=1S/C13H24N2O4/c1-10(2)15-9-11(8-12(15)17)13(18)14(4-6-16)5-7-19-3/h10-11,16H,4-9H2,1-3H3. The van der Waals surface area contributed by atoms with E-state index in [1.54, 1.807) is 16.9 Å². The number of aliphatic hydroxyl groups is 1. The smallest absolute Gasteiger partial charge is 0.228 e. The molecular formula is C13H24N2O4. The first-order chi connectivity index (χ1) is 9.01. The van der Waals surface area contributed by atoms with Crippen molar-refractivity contribution in [1.29, 1.82) is 0 Å². The third-order valence-electron chi connectivity index (χ3n) is 3.38. The first-order valence-corrected chi connectivity index (χ1v) is 6.69. The quantitative estimate of drug-likeness (QED) is 0.691. The minimum absolute atomic E-state index is 0.0315. The normalized spacial score (nSPS) is 19.3. The van der Waals surface area contributed by atoms with Gasteiger partial charge in [-0.2, -0.15) is 0 Å². The van der Waals surface area contributed by atoms with Crippen LogP contribution in [0.3, 0.4) is 0 Å². The Morgan fingerprint density at radius 1 is 1.53 bits per heavy atom. The van der Waals surface area contributed by atoms with Crippen LogP contribution in [-0.4, -0.2) is 72.7 Å². The predicted octanol–water partition coefficient (Wildman–Crippen LogP) is -0.289. The van der Waals surface area contributed by atoms with E-state index in [-0.39, 0.29) is 43.3 Å². The van der Waals surface area contributed by atoms with Gasteiger partial charge in [0.15, 0.2) is 0 Å². The van der Waals surface area contributed by atoms with Crippen LogP contribution in [0.15, 0.2) is 0 Å². The van der Waals surface area contributed by atoms with E-state index in [1.165, 1.54) is 0 Å². The number of aliphatic hydroxyl groups excluding tert-OH is 1. The fourth-order valence-electron chi connectivity index (χ4n) is 2.31. The lowest BCUT2D eigenvalue weighted by atomic mass is 10.1. The van der Waals surface area contributed by atoms with Crippen LogP contribution in [0.5, 0.6) is 0 Å². The van der Waals surface area contributed by atoms with Gasteiger partial charge in [-0.25, -0.2) is 0 Å². The Hall–Kier alpha value is -1.14. The summed E-state index contributed by atoms with van der Waals surface area (Å²) in [6.07, 6.45) is 0.270. The van der Waals surface area contributed by atoms with E-state index in [4.69, 9.17) is 9.84 Å². The highest BCUT2D eigenvalue weighted by Crippen LogP contribution is 2.22. The zero-order valence-corrected chi connectivity index (χ0v) is 12.0. The molecule has 0 aromatic heterocycles. The van der Waals surface area contributed by atoms with E-state index in [0.29, 0.717) is 19.7 Å². The monoisotopic (exact) mass is 272 g/mol. The number of ether oxygens (including phenoxy) is 1. The van der Waals surface area contributed by atoms with Crippen molar-refractivity contribution in [1.82, 2.24) is 9.80 Å². The van der Waals surface area contributed by atoms with Crippen molar-refractivity contribution in [3.63, 3.8) is 0 Å². The molecule has 6 nitrogen and oxygen atoms in total. The molecule has 1 unspecified atom stereocenters. The van der Waals surface area contributed by atoms with E-state index in [1.807, 2.05) is 13.8 Å². The van der Waals surface area contributed by atoms with Gasteiger partial charge in [0.25, 0.3) is 0 Å². The highest BCUT2D eigenvalue weighted by Gasteiger charge is 2.37. The van der Waals surface area contributed by atoms with Crippen LogP contribution in [0.1, 0.15) is 20.3 Å². The topological polar surface area (TPSA) is 70.1 Å². The lowest BCUT2D eigenvalue weighted by molar-refractivity contribution is -0.137. The van der Waals surface area contributed by atoms with Crippen LogP contribution >= 0.6 is 0 Å². The van der Waals surface area contributed by atoms with Gasteiger partial charge < -0.3 is 19.6 Å². The van der Waals surface area contributed by atoms with E-state index in [0.717, 1.165) is 0 Å². The van der Waals surface area contributed by atoms with Crippen LogP contribution in [-0.2, 0) is 14.3 Å². The van der Waals surface area contributed by atoms with Gasteiger partial charge in [-0.1, -0.05) is 0 Å². The number of carbonyl (C=O) groups excluding carboxylic acids is 2. The maximum absolute atomic E-state index is 12.3. The van der Waals surface area contributed by atoms with E-state index in [9.17, 15) is 9.59 Å². The fourth-order valence-corrected chi connectivity index (χ4v) is 2.31. The molecule has 2 amide bonds. The van der Waals surface area contributed by atoms with Crippen LogP contribution in [0.4, 0.5) is 0 Å². The van der Waals surface area contributed by atoms with Crippen molar-refractivity contribution < 1.29 is 19.4 Å². The van der Waals surface area contributed by atoms with Crippen molar-refractivity contribution in [2.75, 3.05) is 40.0 Å². The molecule has 1 atom stereocenters. The Bertz CT molecular complexity index is 320. The molecule has 0 bridgehead atoms. The molecule has 19 heavy (non-hydrogen) atoms. The van der Waals surface area contributed by atoms with Gasteiger partial charge in [0.05, 0.1) is 19.1 Å². The number of hydrogen-bond acceptors (Lipinski definition) is 4. The van der Waals surface area contributed by atoms with E-state index >= 15 is 0 Å². The summed E-state index contributed by atoms with van der Waals surface area (Å²) >= 11 is 0. The van der Waals surface area contributed by atoms with Gasteiger partial charge in [0.2, 0.25) is 11.8 Å². The van der Waals surface area contributed by atoms with Gasteiger partial charge in [-0.3, -0.25) is 9.59 Å². The number of carbonyl (C=O) groups is 2. The largest absolute Gasteiger partial charge is 0.395 e. The fraction of sp³-hybridized carbons (Fsp3) is 0.846. The molecule has 1 fully saturated rings. The molecule has 0 spiro atoms. The lowest BCUT2D eigenvalue weighted by Gasteiger charge is -2.25. The third-order valence-corrected chi connectivity index (χ3v) is 3.38. The van der Waals surface area contributed by atoms with Crippen molar-refractivity contribution in [2.24, 2.45) is 5.92 Å². The Morgan fingerprint density at radius 3 is 2.68 bits per heavy atom.